The molecule has 38 heavy (non-hydrogen) atoms. The van der Waals surface area contributed by atoms with Gasteiger partial charge in [0.15, 0.2) is 0 Å². The summed E-state index contributed by atoms with van der Waals surface area (Å²) in [6.07, 6.45) is 5.71. The lowest BCUT2D eigenvalue weighted by Gasteiger charge is -2.30. The summed E-state index contributed by atoms with van der Waals surface area (Å²) >= 11 is 0. The number of nitrogens with zero attached hydrogens (tertiary/aromatic N) is 3. The van der Waals surface area contributed by atoms with Gasteiger partial charge in [-0.2, -0.15) is 4.98 Å². The van der Waals surface area contributed by atoms with Gasteiger partial charge in [-0.1, -0.05) is 72.8 Å². The van der Waals surface area contributed by atoms with Crippen molar-refractivity contribution in [3.05, 3.63) is 96.1 Å². The third-order valence-electron chi connectivity index (χ3n) is 7.34. The summed E-state index contributed by atoms with van der Waals surface area (Å²) in [7, 11) is 4.07. The second-order valence-corrected chi connectivity index (χ2v) is 10.1. The van der Waals surface area contributed by atoms with Crippen LogP contribution in [0.5, 0.6) is 0 Å². The molecule has 0 bridgehead atoms. The van der Waals surface area contributed by atoms with Crippen molar-refractivity contribution in [1.29, 1.82) is 0 Å². The summed E-state index contributed by atoms with van der Waals surface area (Å²) in [4.78, 5) is 11.7. The van der Waals surface area contributed by atoms with Crippen LogP contribution in [0.3, 0.4) is 0 Å². The second-order valence-electron chi connectivity index (χ2n) is 10.1. The molecule has 5 rings (SSSR count). The van der Waals surface area contributed by atoms with Crippen LogP contribution < -0.4 is 15.5 Å². The molecular weight excluding hydrogens is 513 g/mol. The topological polar surface area (TPSA) is 53.1 Å². The smallest absolute Gasteiger partial charge is 0.225 e. The highest BCUT2D eigenvalue weighted by Gasteiger charge is 2.23. The standard InChI is InChI=1S/C31H37N5.2ClH/c1-36(2)30-28-15-9-10-16-29(28)34-31(35-30)33-26-19-17-25(18-20-26)32-22-21-27(23-11-5-3-6-12-23)24-13-7-4-8-14-24;;/h3-16,25-27,32H,17-22H2,1-2H3,(H,33,34,35);2*1H. The second kappa shape index (κ2) is 14.3. The van der Waals surface area contributed by atoms with Crippen molar-refractivity contribution < 1.29 is 0 Å². The average molecular weight is 553 g/mol. The molecule has 4 aromatic rings. The van der Waals surface area contributed by atoms with Gasteiger partial charge in [0, 0.05) is 37.5 Å². The fourth-order valence-electron chi connectivity index (χ4n) is 5.42. The van der Waals surface area contributed by atoms with Gasteiger partial charge in [0.25, 0.3) is 0 Å². The minimum Gasteiger partial charge on any atom is -0.362 e. The third-order valence-corrected chi connectivity index (χ3v) is 7.34. The third kappa shape index (κ3) is 7.37. The molecule has 1 aliphatic rings. The van der Waals surface area contributed by atoms with Gasteiger partial charge in [-0.25, -0.2) is 4.98 Å². The fourth-order valence-corrected chi connectivity index (χ4v) is 5.42. The van der Waals surface area contributed by atoms with E-state index in [9.17, 15) is 0 Å². The number of aromatic nitrogens is 2. The zero-order chi connectivity index (χ0) is 24.7. The molecule has 202 valence electrons. The zero-order valence-electron chi connectivity index (χ0n) is 22.2. The lowest BCUT2D eigenvalue weighted by atomic mass is 9.88. The van der Waals surface area contributed by atoms with Crippen LogP contribution in [0.2, 0.25) is 0 Å². The van der Waals surface area contributed by atoms with E-state index in [0.29, 0.717) is 18.0 Å². The van der Waals surface area contributed by atoms with Crippen molar-refractivity contribution in [2.24, 2.45) is 0 Å². The SMILES string of the molecule is CN(C)c1nc(NC2CCC(NCCC(c3ccccc3)c3ccccc3)CC2)nc2ccccc12.Cl.Cl. The number of fused-ring (bicyclic) bond motifs is 1. The van der Waals surface area contributed by atoms with Crippen molar-refractivity contribution in [3.8, 4) is 0 Å². The molecule has 2 N–H and O–H groups in total. The highest BCUT2D eigenvalue weighted by molar-refractivity contribution is 5.90. The van der Waals surface area contributed by atoms with Crippen molar-refractivity contribution in [1.82, 2.24) is 15.3 Å². The van der Waals surface area contributed by atoms with E-state index in [1.807, 2.05) is 26.2 Å². The Morgan fingerprint density at radius 1 is 0.737 bits per heavy atom. The van der Waals surface area contributed by atoms with Crippen LogP contribution in [0.1, 0.15) is 49.1 Å². The highest BCUT2D eigenvalue weighted by Crippen LogP contribution is 2.29. The molecule has 0 amide bonds. The normalized spacial score (nSPS) is 16.9. The zero-order valence-corrected chi connectivity index (χ0v) is 23.8. The Morgan fingerprint density at radius 3 is 1.89 bits per heavy atom. The van der Waals surface area contributed by atoms with Gasteiger partial charge in [-0.15, -0.1) is 24.8 Å². The number of nitrogens with one attached hydrogen (secondary N) is 2. The predicted molar refractivity (Wildman–Crippen MR) is 165 cm³/mol. The van der Waals surface area contributed by atoms with E-state index >= 15 is 0 Å². The van der Waals surface area contributed by atoms with E-state index < -0.39 is 0 Å². The predicted octanol–water partition coefficient (Wildman–Crippen LogP) is 7.07. The molecule has 1 aliphatic carbocycles. The Balaban J connectivity index is 0.00000200. The van der Waals surface area contributed by atoms with E-state index in [0.717, 1.165) is 48.5 Å². The number of hydrogen-bond acceptors (Lipinski definition) is 5. The van der Waals surface area contributed by atoms with Crippen molar-refractivity contribution in [2.45, 2.75) is 50.1 Å². The maximum atomic E-state index is 4.83. The Kier molecular flexibility index (Phi) is 11.2. The Labute approximate surface area is 239 Å². The largest absolute Gasteiger partial charge is 0.362 e. The summed E-state index contributed by atoms with van der Waals surface area (Å²) in [5.74, 6) is 2.13. The summed E-state index contributed by atoms with van der Waals surface area (Å²) in [5, 5.41) is 8.58. The monoisotopic (exact) mass is 551 g/mol. The van der Waals surface area contributed by atoms with E-state index in [2.05, 4.69) is 88.3 Å². The van der Waals surface area contributed by atoms with Crippen LogP contribution in [-0.2, 0) is 0 Å². The Hall–Kier alpha value is -2.86. The molecule has 0 unspecified atom stereocenters. The fraction of sp³-hybridized carbons (Fsp3) is 0.355. The van der Waals surface area contributed by atoms with Crippen LogP contribution >= 0.6 is 24.8 Å². The minimum absolute atomic E-state index is 0. The van der Waals surface area contributed by atoms with Gasteiger partial charge in [0.05, 0.1) is 5.52 Å². The molecule has 0 aliphatic heterocycles. The highest BCUT2D eigenvalue weighted by atomic mass is 35.5. The van der Waals surface area contributed by atoms with E-state index in [-0.39, 0.29) is 24.8 Å². The van der Waals surface area contributed by atoms with Crippen LogP contribution in [0, 0.1) is 0 Å². The van der Waals surface area contributed by atoms with Crippen molar-refractivity contribution >= 4 is 47.5 Å². The Bertz CT molecular complexity index is 1210. The first kappa shape index (κ1) is 29.7. The summed E-state index contributed by atoms with van der Waals surface area (Å²) in [6, 6.07) is 31.0. The lowest BCUT2D eigenvalue weighted by molar-refractivity contribution is 0.350. The van der Waals surface area contributed by atoms with E-state index in [1.54, 1.807) is 0 Å². The number of benzene rings is 3. The molecule has 0 saturated heterocycles. The number of anilines is 2. The molecule has 7 heteroatoms. The Morgan fingerprint density at radius 2 is 1.29 bits per heavy atom. The first-order valence-corrected chi connectivity index (χ1v) is 13.2. The van der Waals surface area contributed by atoms with Crippen LogP contribution in [0.25, 0.3) is 10.9 Å². The number of hydrogen-bond donors (Lipinski definition) is 2. The van der Waals surface area contributed by atoms with Crippen molar-refractivity contribution in [3.63, 3.8) is 0 Å². The quantitative estimate of drug-likeness (QED) is 0.233. The molecule has 1 fully saturated rings. The first-order chi connectivity index (χ1) is 17.7. The van der Waals surface area contributed by atoms with Gasteiger partial charge in [0.1, 0.15) is 5.82 Å². The van der Waals surface area contributed by atoms with Crippen LogP contribution in [-0.4, -0.2) is 42.7 Å². The first-order valence-electron chi connectivity index (χ1n) is 13.2. The van der Waals surface area contributed by atoms with Gasteiger partial charge >= 0.3 is 0 Å². The van der Waals surface area contributed by atoms with Gasteiger partial charge in [-0.3, -0.25) is 0 Å². The molecule has 1 heterocycles. The van der Waals surface area contributed by atoms with Gasteiger partial charge in [-0.05, 0) is 61.9 Å². The average Bonchev–Trinajstić information content (AvgIpc) is 2.92. The van der Waals surface area contributed by atoms with Gasteiger partial charge in [0.2, 0.25) is 5.95 Å². The molecular formula is C31H39Cl2N5. The van der Waals surface area contributed by atoms with E-state index in [1.165, 1.54) is 24.0 Å². The molecule has 1 saturated carbocycles. The van der Waals surface area contributed by atoms with Crippen LogP contribution in [0.4, 0.5) is 11.8 Å². The lowest BCUT2D eigenvalue weighted by Crippen LogP contribution is -2.38. The molecule has 0 radical (unpaired) electrons. The van der Waals surface area contributed by atoms with Crippen molar-refractivity contribution in [2.75, 3.05) is 30.9 Å². The number of rotatable bonds is 9. The van der Waals surface area contributed by atoms with E-state index in [4.69, 9.17) is 9.97 Å². The molecule has 5 nitrogen and oxygen atoms in total. The molecule has 0 atom stereocenters. The molecule has 1 aromatic heterocycles. The molecule has 3 aromatic carbocycles. The van der Waals surface area contributed by atoms with Crippen LogP contribution in [0.15, 0.2) is 84.9 Å². The summed E-state index contributed by atoms with van der Waals surface area (Å²) < 4.78 is 0. The number of halogens is 2. The maximum absolute atomic E-state index is 4.83. The molecule has 0 spiro atoms. The maximum Gasteiger partial charge on any atom is 0.225 e. The minimum atomic E-state index is 0. The van der Waals surface area contributed by atoms with Gasteiger partial charge < -0.3 is 15.5 Å². The number of para-hydroxylation sites is 1. The summed E-state index contributed by atoms with van der Waals surface area (Å²) in [5.41, 5.74) is 3.78. The summed E-state index contributed by atoms with van der Waals surface area (Å²) in [6.45, 7) is 1.02.